The molecule has 2 saturated heterocycles. The van der Waals surface area contributed by atoms with Crippen molar-refractivity contribution < 1.29 is 19.4 Å². The lowest BCUT2D eigenvalue weighted by Crippen LogP contribution is -2.39. The molecule has 6 nitrogen and oxygen atoms in total. The van der Waals surface area contributed by atoms with Crippen LogP contribution in [0.2, 0.25) is 0 Å². The SMILES string of the molecule is NC1CCN(C(=O)[C@@H]2CC[C@H](C(=O)O)O2)C1. The lowest BCUT2D eigenvalue weighted by molar-refractivity contribution is -0.154. The van der Waals surface area contributed by atoms with E-state index >= 15 is 0 Å². The molecule has 16 heavy (non-hydrogen) atoms. The van der Waals surface area contributed by atoms with Gasteiger partial charge in [0.1, 0.15) is 6.10 Å². The highest BCUT2D eigenvalue weighted by Gasteiger charge is 2.38. The summed E-state index contributed by atoms with van der Waals surface area (Å²) in [7, 11) is 0. The van der Waals surface area contributed by atoms with E-state index in [0.717, 1.165) is 6.42 Å². The number of aliphatic carboxylic acids is 1. The average molecular weight is 228 g/mol. The Morgan fingerprint density at radius 1 is 1.25 bits per heavy atom. The molecule has 1 amide bonds. The lowest BCUT2D eigenvalue weighted by atomic mass is 10.2. The maximum absolute atomic E-state index is 11.9. The number of carbonyl (C=O) groups excluding carboxylic acids is 1. The summed E-state index contributed by atoms with van der Waals surface area (Å²) in [5.41, 5.74) is 5.71. The van der Waals surface area contributed by atoms with Crippen LogP contribution >= 0.6 is 0 Å². The van der Waals surface area contributed by atoms with Gasteiger partial charge in [0.15, 0.2) is 6.10 Å². The van der Waals surface area contributed by atoms with Crippen molar-refractivity contribution in [2.45, 2.75) is 37.5 Å². The van der Waals surface area contributed by atoms with Crippen LogP contribution in [0.3, 0.4) is 0 Å². The second kappa shape index (κ2) is 4.39. The number of hydrogen-bond acceptors (Lipinski definition) is 4. The summed E-state index contributed by atoms with van der Waals surface area (Å²) >= 11 is 0. The van der Waals surface area contributed by atoms with Gasteiger partial charge in [-0.1, -0.05) is 0 Å². The number of ether oxygens (including phenoxy) is 1. The minimum atomic E-state index is -0.992. The lowest BCUT2D eigenvalue weighted by Gasteiger charge is -2.19. The summed E-state index contributed by atoms with van der Waals surface area (Å²) in [6, 6.07) is 0.0422. The predicted molar refractivity (Wildman–Crippen MR) is 54.7 cm³/mol. The van der Waals surface area contributed by atoms with E-state index in [4.69, 9.17) is 15.6 Å². The molecule has 0 saturated carbocycles. The molecule has 6 heteroatoms. The molecule has 0 aliphatic carbocycles. The minimum Gasteiger partial charge on any atom is -0.479 e. The molecule has 2 heterocycles. The van der Waals surface area contributed by atoms with Crippen molar-refractivity contribution in [2.24, 2.45) is 5.73 Å². The minimum absolute atomic E-state index is 0.0422. The Kier molecular flexibility index (Phi) is 3.11. The molecule has 3 atom stereocenters. The number of hydrogen-bond donors (Lipinski definition) is 2. The first-order chi connectivity index (χ1) is 7.58. The summed E-state index contributed by atoms with van der Waals surface area (Å²) in [6.45, 7) is 1.20. The largest absolute Gasteiger partial charge is 0.479 e. The summed E-state index contributed by atoms with van der Waals surface area (Å²) < 4.78 is 5.20. The second-order valence-corrected chi connectivity index (χ2v) is 4.36. The van der Waals surface area contributed by atoms with Crippen LogP contribution < -0.4 is 5.73 Å². The zero-order chi connectivity index (χ0) is 11.7. The van der Waals surface area contributed by atoms with Crippen LogP contribution in [-0.4, -0.2) is 53.2 Å². The van der Waals surface area contributed by atoms with Gasteiger partial charge in [-0.2, -0.15) is 0 Å². The first-order valence-corrected chi connectivity index (χ1v) is 5.50. The molecular formula is C10H16N2O4. The summed E-state index contributed by atoms with van der Waals surface area (Å²) in [5.74, 6) is -1.11. The van der Waals surface area contributed by atoms with E-state index in [2.05, 4.69) is 0 Å². The van der Waals surface area contributed by atoms with Gasteiger partial charge in [0.25, 0.3) is 5.91 Å². The maximum atomic E-state index is 11.9. The maximum Gasteiger partial charge on any atom is 0.332 e. The molecule has 0 spiro atoms. The van der Waals surface area contributed by atoms with Gasteiger partial charge in [0.2, 0.25) is 0 Å². The van der Waals surface area contributed by atoms with Crippen LogP contribution in [-0.2, 0) is 14.3 Å². The Morgan fingerprint density at radius 2 is 1.94 bits per heavy atom. The monoisotopic (exact) mass is 228 g/mol. The van der Waals surface area contributed by atoms with Crippen LogP contribution in [0.4, 0.5) is 0 Å². The molecule has 1 unspecified atom stereocenters. The van der Waals surface area contributed by atoms with Crippen molar-refractivity contribution in [3.63, 3.8) is 0 Å². The van der Waals surface area contributed by atoms with Crippen LogP contribution in [0.5, 0.6) is 0 Å². The van der Waals surface area contributed by atoms with Gasteiger partial charge < -0.3 is 20.5 Å². The van der Waals surface area contributed by atoms with Crippen LogP contribution in [0.1, 0.15) is 19.3 Å². The van der Waals surface area contributed by atoms with Gasteiger partial charge in [-0.05, 0) is 19.3 Å². The fourth-order valence-corrected chi connectivity index (χ4v) is 2.19. The number of nitrogens with zero attached hydrogens (tertiary/aromatic N) is 1. The zero-order valence-corrected chi connectivity index (χ0v) is 8.96. The molecule has 3 N–H and O–H groups in total. The molecule has 2 aliphatic rings. The molecule has 0 aromatic carbocycles. The molecule has 2 aliphatic heterocycles. The van der Waals surface area contributed by atoms with Crippen molar-refractivity contribution in [3.8, 4) is 0 Å². The fourth-order valence-electron chi connectivity index (χ4n) is 2.19. The number of rotatable bonds is 2. The zero-order valence-electron chi connectivity index (χ0n) is 8.96. The van der Waals surface area contributed by atoms with Gasteiger partial charge in [-0.3, -0.25) is 4.79 Å². The van der Waals surface area contributed by atoms with Crippen LogP contribution in [0.15, 0.2) is 0 Å². The Hall–Kier alpha value is -1.14. The highest BCUT2D eigenvalue weighted by atomic mass is 16.5. The van der Waals surface area contributed by atoms with Crippen molar-refractivity contribution in [1.29, 1.82) is 0 Å². The average Bonchev–Trinajstić information content (AvgIpc) is 2.84. The van der Waals surface area contributed by atoms with E-state index in [-0.39, 0.29) is 11.9 Å². The van der Waals surface area contributed by atoms with Gasteiger partial charge >= 0.3 is 5.97 Å². The second-order valence-electron chi connectivity index (χ2n) is 4.36. The number of likely N-dealkylation sites (tertiary alicyclic amines) is 1. The van der Waals surface area contributed by atoms with Gasteiger partial charge in [0.05, 0.1) is 0 Å². The van der Waals surface area contributed by atoms with Crippen LogP contribution in [0.25, 0.3) is 0 Å². The molecule has 0 aromatic rings. The first-order valence-electron chi connectivity index (χ1n) is 5.50. The standard InChI is InChI=1S/C10H16N2O4/c11-6-3-4-12(5-6)9(13)7-1-2-8(16-7)10(14)15/h6-8H,1-5,11H2,(H,14,15)/t6?,7-,8+/m0/s1. The number of carbonyl (C=O) groups is 2. The van der Waals surface area contributed by atoms with E-state index in [1.807, 2.05) is 0 Å². The summed E-state index contributed by atoms with van der Waals surface area (Å²) in [4.78, 5) is 24.3. The molecule has 0 aromatic heterocycles. The highest BCUT2D eigenvalue weighted by Crippen LogP contribution is 2.23. The molecule has 0 bridgehead atoms. The number of carboxylic acids is 1. The quantitative estimate of drug-likeness (QED) is 0.644. The molecule has 0 radical (unpaired) electrons. The fraction of sp³-hybridized carbons (Fsp3) is 0.800. The summed E-state index contributed by atoms with van der Waals surface area (Å²) in [5, 5.41) is 8.75. The Balaban J connectivity index is 1.89. The molecule has 2 rings (SSSR count). The smallest absolute Gasteiger partial charge is 0.332 e. The Bertz CT molecular complexity index is 307. The number of carboxylic acid groups (broad SMARTS) is 1. The van der Waals surface area contributed by atoms with Crippen molar-refractivity contribution in [2.75, 3.05) is 13.1 Å². The van der Waals surface area contributed by atoms with E-state index in [1.54, 1.807) is 4.90 Å². The van der Waals surface area contributed by atoms with Gasteiger partial charge in [-0.15, -0.1) is 0 Å². The number of amides is 1. The van der Waals surface area contributed by atoms with Gasteiger partial charge in [-0.25, -0.2) is 4.79 Å². The van der Waals surface area contributed by atoms with E-state index in [0.29, 0.717) is 25.9 Å². The van der Waals surface area contributed by atoms with E-state index in [9.17, 15) is 9.59 Å². The third kappa shape index (κ3) is 2.17. The predicted octanol–water partition coefficient (Wildman–Crippen LogP) is -0.822. The third-order valence-electron chi connectivity index (χ3n) is 3.11. The topological polar surface area (TPSA) is 92.9 Å². The Morgan fingerprint density at radius 3 is 2.44 bits per heavy atom. The highest BCUT2D eigenvalue weighted by molar-refractivity contribution is 5.83. The summed E-state index contributed by atoms with van der Waals surface area (Å²) in [6.07, 6.45) is 0.283. The van der Waals surface area contributed by atoms with E-state index < -0.39 is 18.2 Å². The normalized spacial score (nSPS) is 34.3. The number of nitrogens with two attached hydrogens (primary N) is 1. The first kappa shape index (κ1) is 11.3. The molecular weight excluding hydrogens is 212 g/mol. The van der Waals surface area contributed by atoms with E-state index in [1.165, 1.54) is 0 Å². The van der Waals surface area contributed by atoms with Crippen molar-refractivity contribution >= 4 is 11.9 Å². The van der Waals surface area contributed by atoms with Gasteiger partial charge in [0, 0.05) is 19.1 Å². The van der Waals surface area contributed by atoms with Crippen molar-refractivity contribution in [3.05, 3.63) is 0 Å². The van der Waals surface area contributed by atoms with Crippen LogP contribution in [0, 0.1) is 0 Å². The Labute approximate surface area is 93.3 Å². The van der Waals surface area contributed by atoms with Crippen molar-refractivity contribution in [1.82, 2.24) is 4.90 Å². The third-order valence-corrected chi connectivity index (χ3v) is 3.11. The molecule has 2 fully saturated rings. The molecule has 90 valence electrons.